The zero-order valence-corrected chi connectivity index (χ0v) is 13.2. The van der Waals surface area contributed by atoms with Crippen LogP contribution in [0.4, 0.5) is 4.79 Å². The minimum absolute atomic E-state index is 0.00583. The molecular formula is C14H30N2O3. The van der Waals surface area contributed by atoms with Crippen LogP contribution in [-0.4, -0.2) is 42.0 Å². The van der Waals surface area contributed by atoms with Gasteiger partial charge < -0.3 is 20.5 Å². The molecule has 114 valence electrons. The fourth-order valence-corrected chi connectivity index (χ4v) is 1.89. The maximum atomic E-state index is 11.7. The molecule has 19 heavy (non-hydrogen) atoms. The van der Waals surface area contributed by atoms with E-state index >= 15 is 0 Å². The number of aliphatic hydroxyl groups is 1. The van der Waals surface area contributed by atoms with Gasteiger partial charge in [0.05, 0.1) is 11.2 Å². The SMILES string of the molecule is CCC(O)(CC)CNC(=O)NC(C)CC(C)(C)OC. The minimum Gasteiger partial charge on any atom is -0.388 e. The van der Waals surface area contributed by atoms with Gasteiger partial charge in [-0.3, -0.25) is 0 Å². The van der Waals surface area contributed by atoms with Crippen molar-refractivity contribution >= 4 is 6.03 Å². The van der Waals surface area contributed by atoms with Gasteiger partial charge in [0.25, 0.3) is 0 Å². The topological polar surface area (TPSA) is 70.6 Å². The van der Waals surface area contributed by atoms with Gasteiger partial charge in [0.2, 0.25) is 0 Å². The lowest BCUT2D eigenvalue weighted by molar-refractivity contribution is 0.00915. The van der Waals surface area contributed by atoms with Gasteiger partial charge in [-0.1, -0.05) is 13.8 Å². The van der Waals surface area contributed by atoms with Crippen LogP contribution in [-0.2, 0) is 4.74 Å². The number of hydrogen-bond acceptors (Lipinski definition) is 3. The Morgan fingerprint density at radius 3 is 2.26 bits per heavy atom. The third-order valence-electron chi connectivity index (χ3n) is 3.62. The van der Waals surface area contributed by atoms with Gasteiger partial charge in [0, 0.05) is 19.7 Å². The summed E-state index contributed by atoms with van der Waals surface area (Å²) in [4.78, 5) is 11.7. The number of urea groups is 1. The van der Waals surface area contributed by atoms with E-state index in [1.165, 1.54) is 0 Å². The van der Waals surface area contributed by atoms with Crippen molar-refractivity contribution in [2.45, 2.75) is 71.1 Å². The Kier molecular flexibility index (Phi) is 7.37. The normalized spacial score (nSPS) is 14.1. The molecule has 0 aromatic heterocycles. The number of carbonyl (C=O) groups is 1. The van der Waals surface area contributed by atoms with Crippen LogP contribution in [0, 0.1) is 0 Å². The highest BCUT2D eigenvalue weighted by Crippen LogP contribution is 2.15. The first kappa shape index (κ1) is 18.2. The monoisotopic (exact) mass is 274 g/mol. The highest BCUT2D eigenvalue weighted by molar-refractivity contribution is 5.74. The summed E-state index contributed by atoms with van der Waals surface area (Å²) in [5.74, 6) is 0. The average molecular weight is 274 g/mol. The predicted octanol–water partition coefficient (Wildman–Crippen LogP) is 2.04. The molecule has 0 fully saturated rings. The lowest BCUT2D eigenvalue weighted by Gasteiger charge is -2.28. The zero-order chi connectivity index (χ0) is 15.1. The van der Waals surface area contributed by atoms with Crippen molar-refractivity contribution in [1.82, 2.24) is 10.6 Å². The molecule has 0 aliphatic rings. The molecule has 0 aromatic rings. The summed E-state index contributed by atoms with van der Waals surface area (Å²) in [6.45, 7) is 9.99. The van der Waals surface area contributed by atoms with E-state index in [-0.39, 0.29) is 24.2 Å². The van der Waals surface area contributed by atoms with E-state index in [0.29, 0.717) is 12.8 Å². The Bertz CT molecular complexity index is 276. The third-order valence-corrected chi connectivity index (χ3v) is 3.62. The van der Waals surface area contributed by atoms with Gasteiger partial charge in [0.1, 0.15) is 0 Å². The Balaban J connectivity index is 4.11. The second-order valence-electron chi connectivity index (χ2n) is 5.83. The Hall–Kier alpha value is -0.810. The maximum Gasteiger partial charge on any atom is 0.315 e. The van der Waals surface area contributed by atoms with Crippen LogP contribution in [0.2, 0.25) is 0 Å². The molecule has 0 aromatic carbocycles. The van der Waals surface area contributed by atoms with Gasteiger partial charge >= 0.3 is 6.03 Å². The molecule has 0 rings (SSSR count). The van der Waals surface area contributed by atoms with E-state index < -0.39 is 5.60 Å². The molecule has 0 saturated heterocycles. The van der Waals surface area contributed by atoms with Crippen LogP contribution in [0.1, 0.15) is 53.9 Å². The number of nitrogens with one attached hydrogen (secondary N) is 2. The first-order valence-electron chi connectivity index (χ1n) is 7.00. The lowest BCUT2D eigenvalue weighted by atomic mass is 9.98. The van der Waals surface area contributed by atoms with Crippen molar-refractivity contribution in [3.8, 4) is 0 Å². The summed E-state index contributed by atoms with van der Waals surface area (Å²) >= 11 is 0. The van der Waals surface area contributed by atoms with E-state index in [9.17, 15) is 9.90 Å². The first-order valence-corrected chi connectivity index (χ1v) is 7.00. The van der Waals surface area contributed by atoms with Gasteiger partial charge in [-0.2, -0.15) is 0 Å². The second-order valence-corrected chi connectivity index (χ2v) is 5.83. The summed E-state index contributed by atoms with van der Waals surface area (Å²) in [5.41, 5.74) is -1.08. The van der Waals surface area contributed by atoms with Crippen molar-refractivity contribution in [2.24, 2.45) is 0 Å². The van der Waals surface area contributed by atoms with Crippen LogP contribution < -0.4 is 10.6 Å². The Morgan fingerprint density at radius 1 is 1.32 bits per heavy atom. The standard InChI is InChI=1S/C14H30N2O3/c1-7-14(18,8-2)10-15-12(17)16-11(3)9-13(4,5)19-6/h11,18H,7-10H2,1-6H3,(H2,15,16,17). The zero-order valence-electron chi connectivity index (χ0n) is 13.2. The molecular weight excluding hydrogens is 244 g/mol. The number of hydrogen-bond donors (Lipinski definition) is 3. The highest BCUT2D eigenvalue weighted by Gasteiger charge is 2.24. The molecule has 1 atom stereocenters. The molecule has 0 heterocycles. The Morgan fingerprint density at radius 2 is 1.84 bits per heavy atom. The highest BCUT2D eigenvalue weighted by atomic mass is 16.5. The number of rotatable bonds is 8. The van der Waals surface area contributed by atoms with Crippen molar-refractivity contribution in [2.75, 3.05) is 13.7 Å². The van der Waals surface area contributed by atoms with Crippen LogP contribution in [0.15, 0.2) is 0 Å². The van der Waals surface area contributed by atoms with E-state index in [1.807, 2.05) is 34.6 Å². The molecule has 5 nitrogen and oxygen atoms in total. The molecule has 3 N–H and O–H groups in total. The van der Waals surface area contributed by atoms with Gasteiger partial charge in [-0.25, -0.2) is 4.79 Å². The van der Waals surface area contributed by atoms with Crippen LogP contribution >= 0.6 is 0 Å². The van der Waals surface area contributed by atoms with Crippen molar-refractivity contribution in [3.05, 3.63) is 0 Å². The number of amides is 2. The summed E-state index contributed by atoms with van der Waals surface area (Å²) in [6, 6.07) is -0.244. The van der Waals surface area contributed by atoms with E-state index in [0.717, 1.165) is 6.42 Å². The third kappa shape index (κ3) is 7.38. The fraction of sp³-hybridized carbons (Fsp3) is 0.929. The molecule has 0 bridgehead atoms. The lowest BCUT2D eigenvalue weighted by Crippen LogP contribution is -2.49. The van der Waals surface area contributed by atoms with E-state index in [4.69, 9.17) is 4.74 Å². The summed E-state index contributed by atoms with van der Waals surface area (Å²) < 4.78 is 5.33. The van der Waals surface area contributed by atoms with Crippen LogP contribution in [0.3, 0.4) is 0 Å². The molecule has 0 aliphatic carbocycles. The molecule has 5 heteroatoms. The summed E-state index contributed by atoms with van der Waals surface area (Å²) in [5, 5.41) is 15.6. The van der Waals surface area contributed by atoms with E-state index in [1.54, 1.807) is 7.11 Å². The van der Waals surface area contributed by atoms with Gasteiger partial charge in [0.15, 0.2) is 0 Å². The smallest absolute Gasteiger partial charge is 0.315 e. The van der Waals surface area contributed by atoms with Gasteiger partial charge in [-0.05, 0) is 40.0 Å². The first-order chi connectivity index (χ1) is 8.68. The molecule has 0 radical (unpaired) electrons. The number of carbonyl (C=O) groups excluding carboxylic acids is 1. The van der Waals surface area contributed by atoms with E-state index in [2.05, 4.69) is 10.6 Å². The maximum absolute atomic E-state index is 11.7. The second kappa shape index (κ2) is 7.70. The van der Waals surface area contributed by atoms with Crippen molar-refractivity contribution < 1.29 is 14.6 Å². The molecule has 0 saturated carbocycles. The minimum atomic E-state index is -0.813. The average Bonchev–Trinajstić information content (AvgIpc) is 2.35. The van der Waals surface area contributed by atoms with Crippen molar-refractivity contribution in [3.63, 3.8) is 0 Å². The number of methoxy groups -OCH3 is 1. The molecule has 1 unspecified atom stereocenters. The van der Waals surface area contributed by atoms with Crippen LogP contribution in [0.25, 0.3) is 0 Å². The number of ether oxygens (including phenoxy) is 1. The molecule has 0 spiro atoms. The van der Waals surface area contributed by atoms with Gasteiger partial charge in [-0.15, -0.1) is 0 Å². The van der Waals surface area contributed by atoms with Crippen LogP contribution in [0.5, 0.6) is 0 Å². The quantitative estimate of drug-likeness (QED) is 0.634. The largest absolute Gasteiger partial charge is 0.388 e. The summed E-state index contributed by atoms with van der Waals surface area (Å²) in [7, 11) is 1.66. The summed E-state index contributed by atoms with van der Waals surface area (Å²) in [6.07, 6.45) is 1.97. The molecule has 0 aliphatic heterocycles. The van der Waals surface area contributed by atoms with Crippen molar-refractivity contribution in [1.29, 1.82) is 0 Å². The Labute approximate surface area is 117 Å². The predicted molar refractivity (Wildman–Crippen MR) is 77.2 cm³/mol. The molecule has 2 amide bonds. The fourth-order valence-electron chi connectivity index (χ4n) is 1.89.